The molecule has 0 aliphatic carbocycles. The molecule has 1 aliphatic heterocycles. The van der Waals surface area contributed by atoms with E-state index in [0.29, 0.717) is 13.1 Å². The molecular formula is C12H14F3N3O6S. The maximum atomic E-state index is 12.2. The number of non-ortho nitro benzene ring substituents is 1. The Kier molecular flexibility index (Phi) is 6.84. The van der Waals surface area contributed by atoms with Crippen LogP contribution in [0.5, 0.6) is 0 Å². The number of nitrogens with two attached hydrogens (primary N) is 1. The predicted molar refractivity (Wildman–Crippen MR) is 74.6 cm³/mol. The van der Waals surface area contributed by atoms with Crippen molar-refractivity contribution >= 4 is 21.7 Å². The molecule has 0 aromatic heterocycles. The van der Waals surface area contributed by atoms with Crippen molar-refractivity contribution in [3.05, 3.63) is 34.4 Å². The molecule has 1 heterocycles. The number of nitro benzene ring substituents is 1. The van der Waals surface area contributed by atoms with Crippen LogP contribution >= 0.6 is 0 Å². The van der Waals surface area contributed by atoms with E-state index in [4.69, 9.17) is 9.90 Å². The third-order valence-electron chi connectivity index (χ3n) is 3.08. The summed E-state index contributed by atoms with van der Waals surface area (Å²) in [6, 6.07) is 4.99. The Hall–Kier alpha value is -2.25. The highest BCUT2D eigenvalue weighted by Gasteiger charge is 2.29. The average Bonchev–Trinajstić information content (AvgIpc) is 2.55. The van der Waals surface area contributed by atoms with Crippen LogP contribution in [0.2, 0.25) is 0 Å². The van der Waals surface area contributed by atoms with Gasteiger partial charge in [-0.15, -0.1) is 0 Å². The molecule has 1 aliphatic rings. The average molecular weight is 385 g/mol. The SMILES string of the molecule is O=C([O-])C(F)(F)F.O=[N+]([O-])c1ccc(S(=O)(=O)N2CC[NH2+]CC2)cc1. The van der Waals surface area contributed by atoms with Crippen LogP contribution in [0.3, 0.4) is 0 Å². The van der Waals surface area contributed by atoms with Gasteiger partial charge in [0.25, 0.3) is 5.69 Å². The van der Waals surface area contributed by atoms with Gasteiger partial charge in [-0.3, -0.25) is 10.1 Å². The fourth-order valence-corrected chi connectivity index (χ4v) is 3.33. The zero-order valence-electron chi connectivity index (χ0n) is 12.6. The Morgan fingerprint density at radius 2 is 1.60 bits per heavy atom. The van der Waals surface area contributed by atoms with Crippen molar-refractivity contribution in [1.29, 1.82) is 0 Å². The molecule has 0 unspecified atom stereocenters. The molecule has 0 spiro atoms. The molecule has 1 saturated heterocycles. The zero-order chi connectivity index (χ0) is 19.3. The molecule has 0 saturated carbocycles. The Balaban J connectivity index is 0.000000381. The van der Waals surface area contributed by atoms with Crippen molar-refractivity contribution in [3.8, 4) is 0 Å². The van der Waals surface area contributed by atoms with Crippen LogP contribution in [-0.2, 0) is 14.8 Å². The third-order valence-corrected chi connectivity index (χ3v) is 4.99. The molecular weight excluding hydrogens is 371 g/mol. The van der Waals surface area contributed by atoms with Gasteiger partial charge in [-0.1, -0.05) is 0 Å². The summed E-state index contributed by atoms with van der Waals surface area (Å²) in [7, 11) is -3.51. The third kappa shape index (κ3) is 5.95. The number of rotatable bonds is 3. The standard InChI is InChI=1S/C10H13N3O4S.C2HF3O2/c14-13(15)9-1-3-10(4-2-9)18(16,17)12-7-5-11-6-8-12;3-2(4,5)1(6)7/h1-4,11H,5-8H2;(H,6,7). The first-order valence-corrected chi connectivity index (χ1v) is 8.24. The number of benzene rings is 1. The Labute approximate surface area is 140 Å². The molecule has 2 rings (SSSR count). The van der Waals surface area contributed by atoms with Crippen molar-refractivity contribution in [3.63, 3.8) is 0 Å². The number of carboxylic acids is 1. The fraction of sp³-hybridized carbons (Fsp3) is 0.417. The number of sulfonamides is 1. The molecule has 2 N–H and O–H groups in total. The summed E-state index contributed by atoms with van der Waals surface area (Å²) in [4.78, 5) is 18.8. The van der Waals surface area contributed by atoms with Gasteiger partial charge in [-0.05, 0) is 12.1 Å². The van der Waals surface area contributed by atoms with Gasteiger partial charge >= 0.3 is 6.18 Å². The van der Waals surface area contributed by atoms with Gasteiger partial charge in [0.1, 0.15) is 5.97 Å². The lowest BCUT2D eigenvalue weighted by molar-refractivity contribution is -0.661. The molecule has 1 aromatic carbocycles. The maximum Gasteiger partial charge on any atom is 0.430 e. The summed E-state index contributed by atoms with van der Waals surface area (Å²) in [6.07, 6.45) is -5.19. The number of carbonyl (C=O) groups excluding carboxylic acids is 1. The summed E-state index contributed by atoms with van der Waals surface area (Å²) in [5, 5.41) is 21.3. The van der Waals surface area contributed by atoms with E-state index < -0.39 is 27.1 Å². The van der Waals surface area contributed by atoms with Crippen LogP contribution in [0, 0.1) is 10.1 Å². The Morgan fingerprint density at radius 3 is 1.96 bits per heavy atom. The number of halogens is 3. The van der Waals surface area contributed by atoms with E-state index in [1.165, 1.54) is 28.6 Å². The molecule has 1 aromatic rings. The molecule has 13 heteroatoms. The number of aliphatic carboxylic acids is 1. The number of carbonyl (C=O) groups is 1. The topological polar surface area (TPSA) is 137 Å². The van der Waals surface area contributed by atoms with Crippen LogP contribution in [0.25, 0.3) is 0 Å². The fourth-order valence-electron chi connectivity index (χ4n) is 1.86. The number of carboxylic acid groups (broad SMARTS) is 1. The van der Waals surface area contributed by atoms with Crippen molar-refractivity contribution in [2.45, 2.75) is 11.1 Å². The summed E-state index contributed by atoms with van der Waals surface area (Å²) in [5.41, 5.74) is -0.110. The van der Waals surface area contributed by atoms with Crippen LogP contribution in [-0.4, -0.2) is 56.0 Å². The first kappa shape index (κ1) is 20.8. The van der Waals surface area contributed by atoms with E-state index in [-0.39, 0.29) is 10.6 Å². The Morgan fingerprint density at radius 1 is 1.16 bits per heavy atom. The highest BCUT2D eigenvalue weighted by Crippen LogP contribution is 2.19. The van der Waals surface area contributed by atoms with Gasteiger partial charge < -0.3 is 15.2 Å². The second-order valence-electron chi connectivity index (χ2n) is 4.81. The van der Waals surface area contributed by atoms with Crippen LogP contribution in [0.4, 0.5) is 18.9 Å². The minimum Gasteiger partial charge on any atom is -0.542 e. The quantitative estimate of drug-likeness (QED) is 0.495. The minimum absolute atomic E-state index is 0.106. The molecule has 9 nitrogen and oxygen atoms in total. The van der Waals surface area contributed by atoms with E-state index in [0.717, 1.165) is 13.1 Å². The van der Waals surface area contributed by atoms with E-state index in [1.807, 2.05) is 0 Å². The molecule has 0 radical (unpaired) electrons. The summed E-state index contributed by atoms with van der Waals surface area (Å²) in [6.45, 7) is 2.43. The lowest BCUT2D eigenvalue weighted by atomic mass is 10.3. The zero-order valence-corrected chi connectivity index (χ0v) is 13.4. The number of nitrogens with zero attached hydrogens (tertiary/aromatic N) is 2. The van der Waals surface area contributed by atoms with Crippen molar-refractivity contribution < 1.29 is 41.7 Å². The molecule has 0 atom stereocenters. The van der Waals surface area contributed by atoms with Gasteiger partial charge in [0.05, 0.1) is 36.0 Å². The molecule has 0 amide bonds. The van der Waals surface area contributed by atoms with Gasteiger partial charge in [0.2, 0.25) is 10.0 Å². The largest absolute Gasteiger partial charge is 0.542 e. The second-order valence-corrected chi connectivity index (χ2v) is 6.74. The predicted octanol–water partition coefficient (Wildman–Crippen LogP) is -1.54. The first-order chi connectivity index (χ1) is 11.5. The highest BCUT2D eigenvalue weighted by molar-refractivity contribution is 7.89. The molecule has 0 bridgehead atoms. The number of nitro groups is 1. The summed E-state index contributed by atoms with van der Waals surface area (Å²) >= 11 is 0. The van der Waals surface area contributed by atoms with E-state index in [1.54, 1.807) is 0 Å². The first-order valence-electron chi connectivity index (χ1n) is 6.80. The maximum absolute atomic E-state index is 12.2. The van der Waals surface area contributed by atoms with Crippen LogP contribution in [0.1, 0.15) is 0 Å². The highest BCUT2D eigenvalue weighted by atomic mass is 32.2. The minimum atomic E-state index is -5.19. The number of quaternary nitrogens is 1. The number of piperazine rings is 1. The van der Waals surface area contributed by atoms with E-state index in [2.05, 4.69) is 5.32 Å². The Bertz CT molecular complexity index is 715. The van der Waals surface area contributed by atoms with Crippen molar-refractivity contribution in [1.82, 2.24) is 4.31 Å². The second kappa shape index (κ2) is 8.22. The summed E-state index contributed by atoms with van der Waals surface area (Å²) in [5.74, 6) is -3.01. The van der Waals surface area contributed by atoms with Gasteiger partial charge in [-0.25, -0.2) is 8.42 Å². The van der Waals surface area contributed by atoms with Crippen molar-refractivity contribution in [2.75, 3.05) is 26.2 Å². The number of alkyl halides is 3. The van der Waals surface area contributed by atoms with Gasteiger partial charge in [0, 0.05) is 12.1 Å². The number of hydrogen-bond acceptors (Lipinski definition) is 6. The van der Waals surface area contributed by atoms with Crippen molar-refractivity contribution in [2.24, 2.45) is 0 Å². The molecule has 1 fully saturated rings. The van der Waals surface area contributed by atoms with Crippen LogP contribution in [0.15, 0.2) is 29.2 Å². The van der Waals surface area contributed by atoms with Gasteiger partial charge in [-0.2, -0.15) is 17.5 Å². The molecule has 25 heavy (non-hydrogen) atoms. The lowest BCUT2D eigenvalue weighted by Gasteiger charge is -2.24. The molecule has 140 valence electrons. The monoisotopic (exact) mass is 385 g/mol. The summed E-state index contributed by atoms with van der Waals surface area (Å²) < 4.78 is 57.4. The normalized spacial score (nSPS) is 15.8. The van der Waals surface area contributed by atoms with E-state index >= 15 is 0 Å². The van der Waals surface area contributed by atoms with Crippen LogP contribution < -0.4 is 10.4 Å². The smallest absolute Gasteiger partial charge is 0.430 e. The lowest BCUT2D eigenvalue weighted by Crippen LogP contribution is -2.89. The van der Waals surface area contributed by atoms with E-state index in [9.17, 15) is 31.7 Å². The van der Waals surface area contributed by atoms with Gasteiger partial charge in [0.15, 0.2) is 0 Å². The number of hydrogen-bond donors (Lipinski definition) is 1.